The number of hydrogen-bond donors (Lipinski definition) is 3. The van der Waals surface area contributed by atoms with Gasteiger partial charge in [0.05, 0.1) is 13.0 Å². The van der Waals surface area contributed by atoms with Gasteiger partial charge in [0.1, 0.15) is 0 Å². The van der Waals surface area contributed by atoms with Crippen molar-refractivity contribution in [1.82, 2.24) is 5.32 Å². The molecule has 0 heterocycles. The van der Waals surface area contributed by atoms with Gasteiger partial charge in [-0.05, 0) is 18.3 Å². The average Bonchev–Trinajstić information content (AvgIpc) is 2.09. The maximum absolute atomic E-state index is 10.8. The molecule has 0 radical (unpaired) electrons. The second-order valence-corrected chi connectivity index (χ2v) is 6.48. The lowest BCUT2D eigenvalue weighted by Crippen LogP contribution is -2.21. The minimum Gasteiger partial charge on any atom is -0.466 e. The van der Waals surface area contributed by atoms with Crippen LogP contribution in [0.5, 0.6) is 0 Å². The molecular formula is C7H16NO5PS. The Morgan fingerprint density at radius 2 is 2.13 bits per heavy atom. The van der Waals surface area contributed by atoms with Crippen molar-refractivity contribution in [3.63, 3.8) is 0 Å². The van der Waals surface area contributed by atoms with Gasteiger partial charge in [-0.25, -0.2) is 4.57 Å². The van der Waals surface area contributed by atoms with E-state index in [-0.39, 0.29) is 12.4 Å². The standard InChI is InChI=1S/C7H16NO5PS/c1-2-13-7(9)3-4-8-5-6-15-14(10,11)12/h8H,2-6H2,1H3,(H2,10,11,12). The average molecular weight is 257 g/mol. The molecule has 0 aliphatic carbocycles. The highest BCUT2D eigenvalue weighted by atomic mass is 32.7. The third kappa shape index (κ3) is 11.9. The number of hydrogen-bond acceptors (Lipinski definition) is 5. The maximum atomic E-state index is 10.8. The van der Waals surface area contributed by atoms with Gasteiger partial charge in [0.15, 0.2) is 0 Å². The first-order chi connectivity index (χ1) is 6.95. The monoisotopic (exact) mass is 257 g/mol. The predicted octanol–water partition coefficient (Wildman–Crippen LogP) is 0.355. The molecule has 0 fully saturated rings. The number of nitrogens with one attached hydrogen (secondary N) is 1. The predicted molar refractivity (Wildman–Crippen MR) is 58.6 cm³/mol. The van der Waals surface area contributed by atoms with Gasteiger partial charge in [0.2, 0.25) is 0 Å². The van der Waals surface area contributed by atoms with E-state index in [1.807, 2.05) is 0 Å². The van der Waals surface area contributed by atoms with Crippen LogP contribution >= 0.6 is 18.2 Å². The van der Waals surface area contributed by atoms with Crippen LogP contribution in [0.25, 0.3) is 0 Å². The van der Waals surface area contributed by atoms with Crippen molar-refractivity contribution in [3.05, 3.63) is 0 Å². The molecule has 0 unspecified atom stereocenters. The summed E-state index contributed by atoms with van der Waals surface area (Å²) in [5.41, 5.74) is 0. The van der Waals surface area contributed by atoms with Gasteiger partial charge >= 0.3 is 12.8 Å². The summed E-state index contributed by atoms with van der Waals surface area (Å²) in [5.74, 6) is 0.0419. The van der Waals surface area contributed by atoms with Crippen molar-refractivity contribution in [2.75, 3.05) is 25.4 Å². The van der Waals surface area contributed by atoms with Crippen LogP contribution in [0.3, 0.4) is 0 Å². The molecule has 0 bridgehead atoms. The number of ether oxygens (including phenoxy) is 1. The van der Waals surface area contributed by atoms with Crippen LogP contribution in [-0.2, 0) is 14.1 Å². The number of esters is 1. The lowest BCUT2D eigenvalue weighted by atomic mass is 10.4. The maximum Gasteiger partial charge on any atom is 0.384 e. The summed E-state index contributed by atoms with van der Waals surface area (Å²) in [4.78, 5) is 27.9. The summed E-state index contributed by atoms with van der Waals surface area (Å²) >= 11 is 0.591. The fraction of sp³-hybridized carbons (Fsp3) is 0.857. The van der Waals surface area contributed by atoms with E-state index in [1.54, 1.807) is 6.92 Å². The van der Waals surface area contributed by atoms with E-state index in [1.165, 1.54) is 0 Å². The molecule has 6 nitrogen and oxygen atoms in total. The topological polar surface area (TPSA) is 95.9 Å². The van der Waals surface area contributed by atoms with Gasteiger partial charge in [0, 0.05) is 18.8 Å². The highest BCUT2D eigenvalue weighted by Gasteiger charge is 2.12. The Morgan fingerprint density at radius 1 is 1.47 bits per heavy atom. The quantitative estimate of drug-likeness (QED) is 0.328. The summed E-state index contributed by atoms with van der Waals surface area (Å²) in [6.45, 7) is -0.941. The molecule has 0 amide bonds. The molecule has 0 spiro atoms. The van der Waals surface area contributed by atoms with E-state index >= 15 is 0 Å². The van der Waals surface area contributed by atoms with Crippen LogP contribution in [0.4, 0.5) is 0 Å². The zero-order chi connectivity index (χ0) is 11.7. The first kappa shape index (κ1) is 14.9. The van der Waals surface area contributed by atoms with E-state index in [2.05, 4.69) is 5.32 Å². The summed E-state index contributed by atoms with van der Waals surface area (Å²) in [6, 6.07) is 0. The molecule has 0 saturated heterocycles. The van der Waals surface area contributed by atoms with Crippen molar-refractivity contribution in [1.29, 1.82) is 0 Å². The number of carbonyl (C=O) groups is 1. The van der Waals surface area contributed by atoms with Crippen molar-refractivity contribution in [2.45, 2.75) is 13.3 Å². The molecule has 90 valence electrons. The lowest BCUT2D eigenvalue weighted by molar-refractivity contribution is -0.142. The van der Waals surface area contributed by atoms with Crippen LogP contribution in [0.1, 0.15) is 13.3 Å². The second-order valence-electron chi connectivity index (χ2n) is 2.63. The highest BCUT2D eigenvalue weighted by Crippen LogP contribution is 2.49. The summed E-state index contributed by atoms with van der Waals surface area (Å²) in [7, 11) is 0. The lowest BCUT2D eigenvalue weighted by Gasteiger charge is -2.05. The first-order valence-corrected chi connectivity index (χ1v) is 7.72. The zero-order valence-corrected chi connectivity index (χ0v) is 10.2. The summed E-state index contributed by atoms with van der Waals surface area (Å²) in [6.07, 6.45) is 0.272. The smallest absolute Gasteiger partial charge is 0.384 e. The molecule has 0 atom stereocenters. The molecule has 0 aromatic heterocycles. The van der Waals surface area contributed by atoms with Gasteiger partial charge in [0.25, 0.3) is 0 Å². The Bertz CT molecular complexity index is 231. The van der Waals surface area contributed by atoms with Crippen molar-refractivity contribution in [3.8, 4) is 0 Å². The molecule has 3 N–H and O–H groups in total. The summed E-state index contributed by atoms with van der Waals surface area (Å²) in [5, 5.41) is 2.88. The molecule has 15 heavy (non-hydrogen) atoms. The molecule has 0 rings (SSSR count). The molecule has 0 aliphatic heterocycles. The van der Waals surface area contributed by atoms with Crippen LogP contribution in [0.2, 0.25) is 0 Å². The molecule has 0 saturated carbocycles. The van der Waals surface area contributed by atoms with Gasteiger partial charge in [-0.15, -0.1) is 0 Å². The van der Waals surface area contributed by atoms with E-state index in [4.69, 9.17) is 14.5 Å². The van der Waals surface area contributed by atoms with E-state index < -0.39 is 6.80 Å². The Kier molecular flexibility index (Phi) is 8.09. The largest absolute Gasteiger partial charge is 0.466 e. The number of rotatable bonds is 8. The Morgan fingerprint density at radius 3 is 2.67 bits per heavy atom. The van der Waals surface area contributed by atoms with Gasteiger partial charge in [-0.1, -0.05) is 0 Å². The normalized spacial score (nSPS) is 11.4. The first-order valence-electron chi connectivity index (χ1n) is 4.52. The van der Waals surface area contributed by atoms with Crippen molar-refractivity contribution >= 4 is 24.1 Å². The minimum absolute atomic E-state index is 0.271. The van der Waals surface area contributed by atoms with E-state index in [9.17, 15) is 9.36 Å². The van der Waals surface area contributed by atoms with E-state index in [0.29, 0.717) is 36.8 Å². The highest BCUT2D eigenvalue weighted by molar-refractivity contribution is 8.54. The fourth-order valence-corrected chi connectivity index (χ4v) is 2.25. The third-order valence-electron chi connectivity index (χ3n) is 1.35. The second kappa shape index (κ2) is 8.13. The SMILES string of the molecule is CCOC(=O)CCNCCSP(=O)(O)O. The molecular weight excluding hydrogens is 241 g/mol. The van der Waals surface area contributed by atoms with Gasteiger partial charge in [-0.3, -0.25) is 4.79 Å². The molecule has 0 aromatic rings. The van der Waals surface area contributed by atoms with Crippen LogP contribution in [0, 0.1) is 0 Å². The van der Waals surface area contributed by atoms with Crippen molar-refractivity contribution in [2.24, 2.45) is 0 Å². The van der Waals surface area contributed by atoms with Crippen LogP contribution < -0.4 is 5.32 Å². The van der Waals surface area contributed by atoms with Crippen molar-refractivity contribution < 1.29 is 23.9 Å². The summed E-state index contributed by atoms with van der Waals surface area (Å²) < 4.78 is 15.1. The number of carbonyl (C=O) groups excluding carboxylic acids is 1. The van der Waals surface area contributed by atoms with Crippen LogP contribution in [0.15, 0.2) is 0 Å². The Labute approximate surface area is 92.7 Å². The molecule has 0 aliphatic rings. The third-order valence-corrected chi connectivity index (χ3v) is 3.63. The zero-order valence-electron chi connectivity index (χ0n) is 8.51. The van der Waals surface area contributed by atoms with E-state index in [0.717, 1.165) is 0 Å². The molecule has 8 heteroatoms. The van der Waals surface area contributed by atoms with Gasteiger partial charge < -0.3 is 19.8 Å². The molecule has 0 aromatic carbocycles. The van der Waals surface area contributed by atoms with Gasteiger partial charge in [-0.2, -0.15) is 0 Å². The Hall–Kier alpha value is -0.0700. The minimum atomic E-state index is -3.96. The Balaban J connectivity index is 3.25. The fourth-order valence-electron chi connectivity index (χ4n) is 0.785. The van der Waals surface area contributed by atoms with Crippen LogP contribution in [-0.4, -0.2) is 41.2 Å².